The minimum Gasteiger partial charge on any atom is -0.468 e. The molecule has 2 atom stereocenters. The highest BCUT2D eigenvalue weighted by Gasteiger charge is 2.39. The fourth-order valence-corrected chi connectivity index (χ4v) is 2.83. The number of hydrogen-bond acceptors (Lipinski definition) is 5. The van der Waals surface area contributed by atoms with E-state index in [0.29, 0.717) is 10.6 Å². The molecular weight excluding hydrogens is 342 g/mol. The van der Waals surface area contributed by atoms with Gasteiger partial charge in [-0.3, -0.25) is 4.79 Å². The molecule has 25 heavy (non-hydrogen) atoms. The van der Waals surface area contributed by atoms with Crippen molar-refractivity contribution in [1.82, 2.24) is 0 Å². The summed E-state index contributed by atoms with van der Waals surface area (Å²) in [5.41, 5.74) is 1.40. The third-order valence-corrected chi connectivity index (χ3v) is 4.28. The van der Waals surface area contributed by atoms with Crippen LogP contribution in [0.1, 0.15) is 11.5 Å². The number of rotatable bonds is 6. The number of carbonyl (C=O) groups is 2. The smallest absolute Gasteiger partial charge is 0.329 e. The number of halogens is 1. The molecule has 2 rings (SSSR count). The molecule has 2 unspecified atom stereocenters. The number of para-hydroxylation sites is 1. The van der Waals surface area contributed by atoms with Crippen LogP contribution in [0.3, 0.4) is 0 Å². The van der Waals surface area contributed by atoms with E-state index in [1.807, 2.05) is 30.3 Å². The van der Waals surface area contributed by atoms with Crippen LogP contribution in [-0.4, -0.2) is 39.2 Å². The van der Waals surface area contributed by atoms with Gasteiger partial charge in [-0.25, -0.2) is 4.79 Å². The summed E-state index contributed by atoms with van der Waals surface area (Å²) in [5, 5.41) is 0.540. The van der Waals surface area contributed by atoms with Crippen LogP contribution in [0.25, 0.3) is 0 Å². The molecule has 0 aliphatic rings. The summed E-state index contributed by atoms with van der Waals surface area (Å²) < 4.78 is 9.91. The zero-order valence-corrected chi connectivity index (χ0v) is 15.1. The quantitative estimate of drug-likeness (QED) is 0.739. The third kappa shape index (κ3) is 4.31. The zero-order valence-electron chi connectivity index (χ0n) is 14.3. The molecule has 0 amide bonds. The molecule has 0 spiro atoms. The van der Waals surface area contributed by atoms with Crippen LogP contribution in [-0.2, 0) is 19.1 Å². The van der Waals surface area contributed by atoms with Crippen LogP contribution in [0.2, 0.25) is 5.02 Å². The van der Waals surface area contributed by atoms with E-state index in [1.54, 1.807) is 36.2 Å². The van der Waals surface area contributed by atoms with Crippen LogP contribution in [0.5, 0.6) is 0 Å². The first kappa shape index (κ1) is 18.8. The SMILES string of the molecule is COC(=O)C(c1ccc(Cl)cc1)C(C(=O)OC)N(C)c1ccccc1. The summed E-state index contributed by atoms with van der Waals surface area (Å²) in [6.07, 6.45) is 0. The van der Waals surface area contributed by atoms with Crippen molar-refractivity contribution in [3.63, 3.8) is 0 Å². The van der Waals surface area contributed by atoms with Crippen molar-refractivity contribution in [3.05, 3.63) is 65.2 Å². The summed E-state index contributed by atoms with van der Waals surface area (Å²) in [5.74, 6) is -1.92. The van der Waals surface area contributed by atoms with Crippen molar-refractivity contribution >= 4 is 29.2 Å². The first-order chi connectivity index (χ1) is 12.0. The molecule has 0 aliphatic carbocycles. The maximum absolute atomic E-state index is 12.5. The van der Waals surface area contributed by atoms with Gasteiger partial charge in [-0.2, -0.15) is 0 Å². The van der Waals surface area contributed by atoms with E-state index in [1.165, 1.54) is 14.2 Å². The predicted molar refractivity (Wildman–Crippen MR) is 96.9 cm³/mol. The molecule has 0 saturated heterocycles. The number of anilines is 1. The summed E-state index contributed by atoms with van der Waals surface area (Å²) in [7, 11) is 4.33. The Balaban J connectivity index is 2.52. The standard InChI is InChI=1S/C19H20ClNO4/c1-21(15-7-5-4-6-8-15)17(19(23)25-3)16(18(22)24-2)13-9-11-14(20)12-10-13/h4-12,16-17H,1-3H3. The van der Waals surface area contributed by atoms with Gasteiger partial charge in [0.1, 0.15) is 12.0 Å². The van der Waals surface area contributed by atoms with Gasteiger partial charge in [0.2, 0.25) is 0 Å². The third-order valence-electron chi connectivity index (χ3n) is 4.02. The maximum Gasteiger partial charge on any atom is 0.329 e. The molecule has 0 fully saturated rings. The number of methoxy groups -OCH3 is 2. The summed E-state index contributed by atoms with van der Waals surface area (Å²) in [6.45, 7) is 0. The van der Waals surface area contributed by atoms with Gasteiger partial charge in [0.15, 0.2) is 0 Å². The zero-order chi connectivity index (χ0) is 18.4. The lowest BCUT2D eigenvalue weighted by Gasteiger charge is -2.33. The topological polar surface area (TPSA) is 55.8 Å². The molecule has 0 heterocycles. The van der Waals surface area contributed by atoms with Gasteiger partial charge in [0.05, 0.1) is 14.2 Å². The molecule has 2 aromatic carbocycles. The maximum atomic E-state index is 12.5. The predicted octanol–water partition coefficient (Wildman–Crippen LogP) is 3.27. The Hall–Kier alpha value is -2.53. The largest absolute Gasteiger partial charge is 0.468 e. The fraction of sp³-hybridized carbons (Fsp3) is 0.263. The normalized spacial score (nSPS) is 12.8. The Morgan fingerprint density at radius 3 is 2.00 bits per heavy atom. The Labute approximate surface area is 152 Å². The monoisotopic (exact) mass is 361 g/mol. The van der Waals surface area contributed by atoms with E-state index >= 15 is 0 Å². The van der Waals surface area contributed by atoms with E-state index in [2.05, 4.69) is 0 Å². The number of benzene rings is 2. The number of carbonyl (C=O) groups excluding carboxylic acids is 2. The van der Waals surface area contributed by atoms with E-state index in [9.17, 15) is 9.59 Å². The van der Waals surface area contributed by atoms with Gasteiger partial charge in [-0.05, 0) is 29.8 Å². The average molecular weight is 362 g/mol. The average Bonchev–Trinajstić information content (AvgIpc) is 2.66. The number of nitrogens with zero attached hydrogens (tertiary/aromatic N) is 1. The van der Waals surface area contributed by atoms with E-state index in [-0.39, 0.29) is 0 Å². The van der Waals surface area contributed by atoms with Crippen molar-refractivity contribution in [2.45, 2.75) is 12.0 Å². The van der Waals surface area contributed by atoms with E-state index in [4.69, 9.17) is 21.1 Å². The Morgan fingerprint density at radius 2 is 1.48 bits per heavy atom. The highest BCUT2D eigenvalue weighted by atomic mass is 35.5. The van der Waals surface area contributed by atoms with Crippen molar-refractivity contribution in [3.8, 4) is 0 Å². The van der Waals surface area contributed by atoms with Gasteiger partial charge >= 0.3 is 11.9 Å². The molecule has 0 aliphatic heterocycles. The molecule has 132 valence electrons. The van der Waals surface area contributed by atoms with Crippen LogP contribution in [0, 0.1) is 0 Å². The van der Waals surface area contributed by atoms with Crippen LogP contribution >= 0.6 is 11.6 Å². The molecule has 0 saturated carbocycles. The second kappa shape index (κ2) is 8.53. The lowest BCUT2D eigenvalue weighted by Crippen LogP contribution is -2.47. The Bertz CT molecular complexity index is 718. The van der Waals surface area contributed by atoms with Gasteiger partial charge in [0.25, 0.3) is 0 Å². The molecule has 0 aromatic heterocycles. The van der Waals surface area contributed by atoms with Crippen molar-refractivity contribution in [1.29, 1.82) is 0 Å². The van der Waals surface area contributed by atoms with Gasteiger partial charge < -0.3 is 14.4 Å². The molecule has 0 N–H and O–H groups in total. The molecule has 0 bridgehead atoms. The van der Waals surface area contributed by atoms with Gasteiger partial charge in [0, 0.05) is 17.8 Å². The van der Waals surface area contributed by atoms with Crippen LogP contribution in [0.4, 0.5) is 5.69 Å². The molecule has 5 nitrogen and oxygen atoms in total. The first-order valence-electron chi connectivity index (χ1n) is 7.68. The van der Waals surface area contributed by atoms with Crippen molar-refractivity contribution < 1.29 is 19.1 Å². The summed E-state index contributed by atoms with van der Waals surface area (Å²) in [6, 6.07) is 15.2. The van der Waals surface area contributed by atoms with Gasteiger partial charge in [-0.15, -0.1) is 0 Å². The number of esters is 2. The van der Waals surface area contributed by atoms with Crippen molar-refractivity contribution in [2.24, 2.45) is 0 Å². The minimum atomic E-state index is -0.888. The highest BCUT2D eigenvalue weighted by molar-refractivity contribution is 6.30. The fourth-order valence-electron chi connectivity index (χ4n) is 2.71. The Morgan fingerprint density at radius 1 is 0.920 bits per heavy atom. The van der Waals surface area contributed by atoms with E-state index < -0.39 is 23.9 Å². The summed E-state index contributed by atoms with van der Waals surface area (Å²) in [4.78, 5) is 26.7. The minimum absolute atomic E-state index is 0.527. The molecule has 2 aromatic rings. The van der Waals surface area contributed by atoms with Crippen LogP contribution in [0.15, 0.2) is 54.6 Å². The van der Waals surface area contributed by atoms with E-state index in [0.717, 1.165) is 5.69 Å². The van der Waals surface area contributed by atoms with Crippen LogP contribution < -0.4 is 4.90 Å². The second-order valence-electron chi connectivity index (χ2n) is 5.47. The Kier molecular flexibility index (Phi) is 6.42. The highest BCUT2D eigenvalue weighted by Crippen LogP contribution is 2.29. The number of hydrogen-bond donors (Lipinski definition) is 0. The first-order valence-corrected chi connectivity index (χ1v) is 8.06. The van der Waals surface area contributed by atoms with Gasteiger partial charge in [-0.1, -0.05) is 41.9 Å². The summed E-state index contributed by atoms with van der Waals surface area (Å²) >= 11 is 5.94. The lowest BCUT2D eigenvalue weighted by atomic mass is 9.90. The molecule has 6 heteroatoms. The number of likely N-dealkylation sites (N-methyl/N-ethyl adjacent to an activating group) is 1. The molecule has 0 radical (unpaired) electrons. The van der Waals surface area contributed by atoms with Crippen molar-refractivity contribution in [2.75, 3.05) is 26.2 Å². The number of ether oxygens (including phenoxy) is 2. The second-order valence-corrected chi connectivity index (χ2v) is 5.90. The molecular formula is C19H20ClNO4. The lowest BCUT2D eigenvalue weighted by molar-refractivity contribution is -0.150.